The van der Waals surface area contributed by atoms with E-state index in [1.54, 1.807) is 4.68 Å². The van der Waals surface area contributed by atoms with Gasteiger partial charge in [-0.2, -0.15) is 27.1 Å². The third-order valence-corrected chi connectivity index (χ3v) is 4.54. The van der Waals surface area contributed by atoms with E-state index in [1.807, 2.05) is 20.8 Å². The van der Waals surface area contributed by atoms with E-state index in [0.717, 1.165) is 18.2 Å². The number of halogens is 5. The normalized spacial score (nSPS) is 13.3. The minimum atomic E-state index is -4.35. The molecule has 0 saturated carbocycles. The first kappa shape index (κ1) is 21.2. The van der Waals surface area contributed by atoms with Gasteiger partial charge in [0.1, 0.15) is 5.75 Å². The van der Waals surface area contributed by atoms with Crippen LogP contribution in [0, 0.1) is 12.8 Å². The summed E-state index contributed by atoms with van der Waals surface area (Å²) in [5, 5.41) is 4.47. The molecule has 0 unspecified atom stereocenters. The van der Waals surface area contributed by atoms with Crippen molar-refractivity contribution in [3.8, 4) is 17.0 Å². The van der Waals surface area contributed by atoms with Crippen LogP contribution >= 0.6 is 0 Å². The number of aryl methyl sites for hydroxylation is 2. The fourth-order valence-corrected chi connectivity index (χ4v) is 3.06. The summed E-state index contributed by atoms with van der Waals surface area (Å²) < 4.78 is 70.7. The van der Waals surface area contributed by atoms with Gasteiger partial charge in [-0.15, -0.1) is 0 Å². The molecule has 1 aromatic carbocycles. The fraction of sp³-hybridized carbons (Fsp3) is 0.526. The van der Waals surface area contributed by atoms with Crippen LogP contribution in [0.5, 0.6) is 5.75 Å². The molecular formula is C19H23F5N2O. The van der Waals surface area contributed by atoms with Crippen molar-refractivity contribution in [2.45, 2.75) is 59.9 Å². The quantitative estimate of drug-likeness (QED) is 0.560. The van der Waals surface area contributed by atoms with Crippen LogP contribution in [0.4, 0.5) is 22.0 Å². The molecule has 1 aromatic heterocycles. The average molecular weight is 390 g/mol. The minimum absolute atomic E-state index is 0.141. The van der Waals surface area contributed by atoms with Crippen LogP contribution in [-0.4, -0.2) is 22.6 Å². The number of hydrogen-bond acceptors (Lipinski definition) is 2. The number of nitrogens with zero attached hydrogens (tertiary/aromatic N) is 2. The third kappa shape index (κ3) is 4.78. The second-order valence-corrected chi connectivity index (χ2v) is 6.45. The lowest BCUT2D eigenvalue weighted by Gasteiger charge is -2.18. The topological polar surface area (TPSA) is 27.1 Å². The molecule has 0 saturated heterocycles. The number of ether oxygens (including phenoxy) is 1. The number of rotatable bonds is 7. The highest BCUT2D eigenvalue weighted by atomic mass is 19.4. The van der Waals surface area contributed by atoms with E-state index >= 15 is 0 Å². The summed E-state index contributed by atoms with van der Waals surface area (Å²) in [5.41, 5.74) is 3.00. The number of alkyl halides is 5. The highest BCUT2D eigenvalue weighted by molar-refractivity contribution is 5.71. The molecule has 3 nitrogen and oxygen atoms in total. The van der Waals surface area contributed by atoms with E-state index in [2.05, 4.69) is 9.84 Å². The van der Waals surface area contributed by atoms with Crippen molar-refractivity contribution < 1.29 is 26.7 Å². The Hall–Kier alpha value is -2.12. The van der Waals surface area contributed by atoms with Gasteiger partial charge in [-0.05, 0) is 49.9 Å². The predicted molar refractivity (Wildman–Crippen MR) is 93.0 cm³/mol. The zero-order valence-electron chi connectivity index (χ0n) is 15.7. The second kappa shape index (κ2) is 8.27. The first-order valence-electron chi connectivity index (χ1n) is 8.79. The molecule has 27 heavy (non-hydrogen) atoms. The van der Waals surface area contributed by atoms with Crippen molar-refractivity contribution in [2.75, 3.05) is 0 Å². The average Bonchev–Trinajstić information content (AvgIpc) is 2.89. The van der Waals surface area contributed by atoms with Crippen LogP contribution < -0.4 is 4.74 Å². The van der Waals surface area contributed by atoms with Crippen molar-refractivity contribution in [1.82, 2.24) is 9.78 Å². The number of benzene rings is 1. The van der Waals surface area contributed by atoms with Crippen molar-refractivity contribution in [2.24, 2.45) is 5.92 Å². The van der Waals surface area contributed by atoms with Gasteiger partial charge in [0.25, 0.3) is 0 Å². The first-order valence-corrected chi connectivity index (χ1v) is 8.79. The fourth-order valence-electron chi connectivity index (χ4n) is 3.06. The lowest BCUT2D eigenvalue weighted by Crippen LogP contribution is -2.21. The van der Waals surface area contributed by atoms with Gasteiger partial charge in [0.2, 0.25) is 0 Å². The van der Waals surface area contributed by atoms with E-state index in [0.29, 0.717) is 24.2 Å². The minimum Gasteiger partial charge on any atom is -0.434 e. The Morgan fingerprint density at radius 3 is 2.37 bits per heavy atom. The number of aromatic nitrogens is 2. The molecule has 150 valence electrons. The monoisotopic (exact) mass is 390 g/mol. The van der Waals surface area contributed by atoms with E-state index < -0.39 is 18.7 Å². The molecule has 8 heteroatoms. The Morgan fingerprint density at radius 1 is 1.19 bits per heavy atom. The molecule has 0 radical (unpaired) electrons. The van der Waals surface area contributed by atoms with Gasteiger partial charge in [0, 0.05) is 12.1 Å². The van der Waals surface area contributed by atoms with Crippen molar-refractivity contribution in [1.29, 1.82) is 0 Å². The molecule has 0 aliphatic carbocycles. The van der Waals surface area contributed by atoms with Crippen molar-refractivity contribution in [3.63, 3.8) is 0 Å². The van der Waals surface area contributed by atoms with Crippen molar-refractivity contribution >= 4 is 0 Å². The molecule has 0 spiro atoms. The predicted octanol–water partition coefficient (Wildman–Crippen LogP) is 5.78. The zero-order valence-corrected chi connectivity index (χ0v) is 15.7. The van der Waals surface area contributed by atoms with Crippen LogP contribution in [0.2, 0.25) is 0 Å². The second-order valence-electron chi connectivity index (χ2n) is 6.45. The van der Waals surface area contributed by atoms with Crippen LogP contribution in [0.15, 0.2) is 18.2 Å². The third-order valence-electron chi connectivity index (χ3n) is 4.54. The molecule has 2 rings (SSSR count). The Balaban J connectivity index is 2.53. The molecule has 0 amide bonds. The largest absolute Gasteiger partial charge is 0.434 e. The molecule has 0 bridgehead atoms. The number of hydrogen-bond donors (Lipinski definition) is 0. The molecule has 1 heterocycles. The van der Waals surface area contributed by atoms with Crippen LogP contribution in [-0.2, 0) is 19.4 Å². The Morgan fingerprint density at radius 2 is 1.85 bits per heavy atom. The summed E-state index contributed by atoms with van der Waals surface area (Å²) in [4.78, 5) is 0. The highest BCUT2D eigenvalue weighted by Gasteiger charge is 2.35. The van der Waals surface area contributed by atoms with Crippen LogP contribution in [0.25, 0.3) is 11.3 Å². The van der Waals surface area contributed by atoms with Crippen molar-refractivity contribution in [3.05, 3.63) is 35.0 Å². The van der Waals surface area contributed by atoms with Gasteiger partial charge < -0.3 is 4.74 Å². The molecule has 0 N–H and O–H groups in total. The summed E-state index contributed by atoms with van der Waals surface area (Å²) in [7, 11) is 0. The van der Waals surface area contributed by atoms with E-state index in [4.69, 9.17) is 0 Å². The SMILES string of the molecule is CCc1nn(CC)c(-c2ccc(C[C@@H](C)C(F)(F)F)cc2OC(F)F)c1C. The zero-order chi connectivity index (χ0) is 20.4. The standard InChI is InChI=1S/C19H23F5N2O/c1-5-15-12(4)17(26(6-2)25-15)14-8-7-13(9-11(3)19(22,23)24)10-16(14)27-18(20)21/h7-8,10-11,18H,5-6,9H2,1-4H3/t11-/m1/s1. The first-order chi connectivity index (χ1) is 12.6. The Labute approximate surface area is 155 Å². The van der Waals surface area contributed by atoms with Crippen LogP contribution in [0.1, 0.15) is 37.6 Å². The van der Waals surface area contributed by atoms with E-state index in [9.17, 15) is 22.0 Å². The summed E-state index contributed by atoms with van der Waals surface area (Å²) in [6.07, 6.45) is -3.98. The van der Waals surface area contributed by atoms with E-state index in [-0.39, 0.29) is 17.7 Å². The van der Waals surface area contributed by atoms with Gasteiger partial charge >= 0.3 is 12.8 Å². The summed E-state index contributed by atoms with van der Waals surface area (Å²) in [6.45, 7) is 4.17. The maximum atomic E-state index is 12.9. The molecule has 0 aliphatic rings. The molecule has 1 atom stereocenters. The molecule has 0 fully saturated rings. The molecular weight excluding hydrogens is 367 g/mol. The van der Waals surface area contributed by atoms with Gasteiger partial charge in [0.05, 0.1) is 17.3 Å². The van der Waals surface area contributed by atoms with Gasteiger partial charge in [-0.1, -0.05) is 19.9 Å². The van der Waals surface area contributed by atoms with Gasteiger partial charge in [0.15, 0.2) is 0 Å². The van der Waals surface area contributed by atoms with E-state index in [1.165, 1.54) is 18.2 Å². The van der Waals surface area contributed by atoms with Crippen LogP contribution in [0.3, 0.4) is 0 Å². The maximum absolute atomic E-state index is 12.9. The van der Waals surface area contributed by atoms with Gasteiger partial charge in [-0.25, -0.2) is 0 Å². The molecule has 2 aromatic rings. The summed E-state index contributed by atoms with van der Waals surface area (Å²) in [5.74, 6) is -1.73. The lowest BCUT2D eigenvalue weighted by molar-refractivity contribution is -0.169. The summed E-state index contributed by atoms with van der Waals surface area (Å²) in [6, 6.07) is 4.32. The van der Waals surface area contributed by atoms with Gasteiger partial charge in [-0.3, -0.25) is 4.68 Å². The highest BCUT2D eigenvalue weighted by Crippen LogP contribution is 2.37. The lowest BCUT2D eigenvalue weighted by atomic mass is 9.97. The Kier molecular flexibility index (Phi) is 6.49. The smallest absolute Gasteiger partial charge is 0.391 e. The summed E-state index contributed by atoms with van der Waals surface area (Å²) >= 11 is 0. The Bertz CT molecular complexity index is 783. The molecule has 0 aliphatic heterocycles. The maximum Gasteiger partial charge on any atom is 0.391 e.